The molecule has 1 fully saturated rings. The molecule has 6 amide bonds. The maximum atomic E-state index is 13.0. The van der Waals surface area contributed by atoms with Crippen LogP contribution in [0.15, 0.2) is 24.3 Å². The molecular formula is C19H26N4O5. The smallest absolute Gasteiger partial charge is 0.325 e. The minimum absolute atomic E-state index is 0.298. The summed E-state index contributed by atoms with van der Waals surface area (Å²) < 4.78 is 5.12. The first-order valence-corrected chi connectivity index (χ1v) is 8.93. The molecule has 0 aromatic heterocycles. The average molecular weight is 390 g/mol. The topological polar surface area (TPSA) is 117 Å². The van der Waals surface area contributed by atoms with Gasteiger partial charge >= 0.3 is 12.1 Å². The first-order chi connectivity index (χ1) is 13.0. The predicted molar refractivity (Wildman–Crippen MR) is 102 cm³/mol. The molecule has 152 valence electrons. The normalized spacial score (nSPS) is 19.2. The van der Waals surface area contributed by atoms with E-state index in [0.29, 0.717) is 17.7 Å². The number of hydrogen-bond donors (Lipinski definition) is 3. The Bertz CT molecular complexity index is 785. The Labute approximate surface area is 163 Å². The van der Waals surface area contributed by atoms with Gasteiger partial charge in [-0.25, -0.2) is 9.59 Å². The van der Waals surface area contributed by atoms with E-state index >= 15 is 0 Å². The molecule has 0 unspecified atom stereocenters. The first-order valence-electron chi connectivity index (χ1n) is 8.93. The molecule has 0 bridgehead atoms. The van der Waals surface area contributed by atoms with Crippen LogP contribution in [0.3, 0.4) is 0 Å². The number of amides is 6. The quantitative estimate of drug-likeness (QED) is 0.659. The van der Waals surface area contributed by atoms with Crippen LogP contribution in [0.2, 0.25) is 0 Å². The van der Waals surface area contributed by atoms with E-state index < -0.39 is 41.5 Å². The Morgan fingerprint density at radius 1 is 1.18 bits per heavy atom. The molecule has 0 saturated carbocycles. The Kier molecular flexibility index (Phi) is 5.96. The number of carbonyl (C=O) groups is 4. The molecule has 2 rings (SSSR count). The minimum Gasteiger partial charge on any atom is -0.497 e. The van der Waals surface area contributed by atoms with E-state index in [9.17, 15) is 19.2 Å². The van der Waals surface area contributed by atoms with Crippen LogP contribution in [0.25, 0.3) is 0 Å². The molecule has 0 spiro atoms. The van der Waals surface area contributed by atoms with Crippen LogP contribution in [-0.2, 0) is 15.1 Å². The molecule has 1 aromatic carbocycles. The van der Waals surface area contributed by atoms with Gasteiger partial charge in [0.05, 0.1) is 7.11 Å². The number of urea groups is 2. The SMILES string of the molecule is CC[C@]1(c2ccc(OC)cc2)NC(=O)N(CC(=O)NC(=O)NC(C)(C)C)C1=O. The van der Waals surface area contributed by atoms with Gasteiger partial charge in [0.25, 0.3) is 5.91 Å². The maximum Gasteiger partial charge on any atom is 0.325 e. The molecule has 1 aliphatic heterocycles. The summed E-state index contributed by atoms with van der Waals surface area (Å²) in [6.07, 6.45) is 0.298. The molecule has 1 atom stereocenters. The molecule has 1 heterocycles. The number of carbonyl (C=O) groups excluding carboxylic acids is 4. The molecule has 0 aliphatic carbocycles. The van der Waals surface area contributed by atoms with Crippen molar-refractivity contribution in [2.45, 2.75) is 45.2 Å². The minimum atomic E-state index is -1.27. The third kappa shape index (κ3) is 4.41. The number of nitrogens with one attached hydrogen (secondary N) is 3. The van der Waals surface area contributed by atoms with Crippen LogP contribution in [0.5, 0.6) is 5.75 Å². The molecule has 1 aromatic rings. The second kappa shape index (κ2) is 7.87. The molecule has 1 saturated heterocycles. The summed E-state index contributed by atoms with van der Waals surface area (Å²) in [6.45, 7) is 6.50. The third-order valence-electron chi connectivity index (χ3n) is 4.33. The highest BCUT2D eigenvalue weighted by Gasteiger charge is 2.51. The van der Waals surface area contributed by atoms with E-state index in [1.807, 2.05) is 0 Å². The number of ether oxygens (including phenoxy) is 1. The number of methoxy groups -OCH3 is 1. The van der Waals surface area contributed by atoms with Gasteiger partial charge in [0.1, 0.15) is 17.8 Å². The van der Waals surface area contributed by atoms with E-state index in [0.717, 1.165) is 4.90 Å². The van der Waals surface area contributed by atoms with Gasteiger partial charge in [-0.15, -0.1) is 0 Å². The molecule has 9 heteroatoms. The van der Waals surface area contributed by atoms with Crippen molar-refractivity contribution < 1.29 is 23.9 Å². The summed E-state index contributed by atoms with van der Waals surface area (Å²) in [6, 6.07) is 5.40. The molecule has 28 heavy (non-hydrogen) atoms. The molecule has 3 N–H and O–H groups in total. The van der Waals surface area contributed by atoms with Crippen molar-refractivity contribution in [1.82, 2.24) is 20.9 Å². The number of benzene rings is 1. The predicted octanol–water partition coefficient (Wildman–Crippen LogP) is 1.48. The van der Waals surface area contributed by atoms with Gasteiger partial charge in [0, 0.05) is 5.54 Å². The Balaban J connectivity index is 2.15. The standard InChI is InChI=1S/C19H26N4O5/c1-6-19(12-7-9-13(28-5)10-8-12)15(25)23(17(27)22-19)11-14(24)20-16(26)21-18(2,3)4/h7-10H,6,11H2,1-5H3,(H,22,27)(H2,20,21,24,26)/t19-/m1/s1. The lowest BCUT2D eigenvalue weighted by atomic mass is 9.87. The Morgan fingerprint density at radius 2 is 1.79 bits per heavy atom. The van der Waals surface area contributed by atoms with Gasteiger partial charge in [-0.3, -0.25) is 19.8 Å². The van der Waals surface area contributed by atoms with Crippen molar-refractivity contribution in [2.24, 2.45) is 0 Å². The molecule has 9 nitrogen and oxygen atoms in total. The van der Waals surface area contributed by atoms with Crippen molar-refractivity contribution in [3.63, 3.8) is 0 Å². The lowest BCUT2D eigenvalue weighted by Crippen LogP contribution is -2.51. The van der Waals surface area contributed by atoms with Crippen LogP contribution >= 0.6 is 0 Å². The summed E-state index contributed by atoms with van der Waals surface area (Å²) in [5, 5.41) is 7.38. The highest BCUT2D eigenvalue weighted by Crippen LogP contribution is 2.33. The zero-order chi connectivity index (χ0) is 21.1. The average Bonchev–Trinajstić information content (AvgIpc) is 2.85. The monoisotopic (exact) mass is 390 g/mol. The van der Waals surface area contributed by atoms with Crippen molar-refractivity contribution in [3.8, 4) is 5.75 Å². The summed E-state index contributed by atoms with van der Waals surface area (Å²) in [7, 11) is 1.53. The Hall–Kier alpha value is -3.10. The lowest BCUT2D eigenvalue weighted by molar-refractivity contribution is -0.135. The summed E-state index contributed by atoms with van der Waals surface area (Å²) >= 11 is 0. The molecule has 1 aliphatic rings. The summed E-state index contributed by atoms with van der Waals surface area (Å²) in [5.74, 6) is -0.684. The largest absolute Gasteiger partial charge is 0.497 e. The Morgan fingerprint density at radius 3 is 2.29 bits per heavy atom. The highest BCUT2D eigenvalue weighted by atomic mass is 16.5. The maximum absolute atomic E-state index is 13.0. The summed E-state index contributed by atoms with van der Waals surface area (Å²) in [4.78, 5) is 50.2. The number of rotatable bonds is 5. The van der Waals surface area contributed by atoms with E-state index in [4.69, 9.17) is 4.74 Å². The number of nitrogens with zero attached hydrogens (tertiary/aromatic N) is 1. The van der Waals surface area contributed by atoms with Crippen LogP contribution < -0.4 is 20.7 Å². The van der Waals surface area contributed by atoms with Crippen molar-refractivity contribution in [2.75, 3.05) is 13.7 Å². The fraction of sp³-hybridized carbons (Fsp3) is 0.474. The number of hydrogen-bond acceptors (Lipinski definition) is 5. The number of imide groups is 2. The van der Waals surface area contributed by atoms with Crippen LogP contribution in [-0.4, -0.2) is 48.0 Å². The van der Waals surface area contributed by atoms with Crippen LogP contribution in [0, 0.1) is 0 Å². The first kappa shape index (κ1) is 21.2. The lowest BCUT2D eigenvalue weighted by Gasteiger charge is -2.26. The third-order valence-corrected chi connectivity index (χ3v) is 4.33. The van der Waals surface area contributed by atoms with Crippen LogP contribution in [0.4, 0.5) is 9.59 Å². The van der Waals surface area contributed by atoms with Gasteiger partial charge in [-0.05, 0) is 44.9 Å². The van der Waals surface area contributed by atoms with Gasteiger partial charge in [0.15, 0.2) is 0 Å². The van der Waals surface area contributed by atoms with Gasteiger partial charge in [-0.2, -0.15) is 0 Å². The zero-order valence-corrected chi connectivity index (χ0v) is 16.7. The van der Waals surface area contributed by atoms with Crippen LogP contribution in [0.1, 0.15) is 39.7 Å². The zero-order valence-electron chi connectivity index (χ0n) is 16.7. The van der Waals surface area contributed by atoms with E-state index in [1.165, 1.54) is 7.11 Å². The van der Waals surface area contributed by atoms with E-state index in [1.54, 1.807) is 52.0 Å². The fourth-order valence-electron chi connectivity index (χ4n) is 2.97. The van der Waals surface area contributed by atoms with Crippen molar-refractivity contribution in [1.29, 1.82) is 0 Å². The summed E-state index contributed by atoms with van der Waals surface area (Å²) in [5.41, 5.74) is -1.21. The van der Waals surface area contributed by atoms with Crippen molar-refractivity contribution >= 4 is 23.9 Å². The molecular weight excluding hydrogens is 364 g/mol. The van der Waals surface area contributed by atoms with E-state index in [2.05, 4.69) is 16.0 Å². The van der Waals surface area contributed by atoms with Gasteiger partial charge < -0.3 is 15.4 Å². The van der Waals surface area contributed by atoms with Gasteiger partial charge in [-0.1, -0.05) is 19.1 Å². The second-order valence-corrected chi connectivity index (χ2v) is 7.56. The molecule has 0 radical (unpaired) electrons. The van der Waals surface area contributed by atoms with Gasteiger partial charge in [0.2, 0.25) is 5.91 Å². The highest BCUT2D eigenvalue weighted by molar-refractivity contribution is 6.10. The second-order valence-electron chi connectivity index (χ2n) is 7.56. The fourth-order valence-corrected chi connectivity index (χ4v) is 2.97. The van der Waals surface area contributed by atoms with Crippen molar-refractivity contribution in [3.05, 3.63) is 29.8 Å². The van der Waals surface area contributed by atoms with E-state index in [-0.39, 0.29) is 0 Å².